The van der Waals surface area contributed by atoms with Gasteiger partial charge in [0.1, 0.15) is 0 Å². The van der Waals surface area contributed by atoms with E-state index in [1.54, 1.807) is 0 Å². The average molecular weight is 311 g/mol. The first-order valence-electron chi connectivity index (χ1n) is 9.58. The zero-order chi connectivity index (χ0) is 16.6. The Morgan fingerprint density at radius 1 is 1.00 bits per heavy atom. The molecule has 2 nitrogen and oxygen atoms in total. The fraction of sp³-hybridized carbons (Fsp3) is 0.950. The van der Waals surface area contributed by atoms with Crippen molar-refractivity contribution in [1.29, 1.82) is 0 Å². The van der Waals surface area contributed by atoms with Crippen LogP contribution < -0.4 is 0 Å². The number of carboxylic acid groups (broad SMARTS) is 1. The smallest absolute Gasteiger partial charge is 0.307 e. The number of unbranched alkanes of at least 4 members (excludes halogenated alkanes) is 7. The number of aliphatic carboxylic acids is 1. The van der Waals surface area contributed by atoms with Crippen molar-refractivity contribution in [2.45, 2.75) is 105 Å². The van der Waals surface area contributed by atoms with Crippen LogP contribution in [0.1, 0.15) is 105 Å². The van der Waals surface area contributed by atoms with Gasteiger partial charge in [-0.3, -0.25) is 4.79 Å². The third-order valence-electron chi connectivity index (χ3n) is 6.53. The summed E-state index contributed by atoms with van der Waals surface area (Å²) >= 11 is 0. The summed E-state index contributed by atoms with van der Waals surface area (Å²) in [5.74, 6) is -0.757. The lowest BCUT2D eigenvalue weighted by molar-refractivity contribution is -0.154. The average Bonchev–Trinajstić information content (AvgIpc) is 2.44. The molecule has 0 heterocycles. The van der Waals surface area contributed by atoms with E-state index in [0.717, 1.165) is 12.8 Å². The van der Waals surface area contributed by atoms with E-state index in [1.807, 2.05) is 0 Å². The molecule has 1 aliphatic rings. The number of rotatable bonds is 10. The van der Waals surface area contributed by atoms with Crippen LogP contribution in [0.25, 0.3) is 0 Å². The Kier molecular flexibility index (Phi) is 7.93. The van der Waals surface area contributed by atoms with E-state index < -0.39 is 5.97 Å². The summed E-state index contributed by atoms with van der Waals surface area (Å²) in [7, 11) is 0. The second-order valence-corrected chi connectivity index (χ2v) is 8.29. The van der Waals surface area contributed by atoms with Crippen LogP contribution in [0.4, 0.5) is 0 Å². The molecule has 130 valence electrons. The minimum Gasteiger partial charge on any atom is -0.481 e. The van der Waals surface area contributed by atoms with Crippen molar-refractivity contribution in [3.05, 3.63) is 0 Å². The monoisotopic (exact) mass is 310 g/mol. The molecule has 0 aromatic rings. The van der Waals surface area contributed by atoms with E-state index in [9.17, 15) is 9.90 Å². The molecule has 0 aromatic heterocycles. The molecule has 0 aliphatic heterocycles. The standard InChI is InChI=1S/C20H38O2/c1-5-6-7-8-9-10-11-12-15-20(4)16-13-14-17(18(21)22)19(20,2)3/h17H,5-16H2,1-4H3,(H,21,22). The van der Waals surface area contributed by atoms with Crippen molar-refractivity contribution in [2.24, 2.45) is 16.7 Å². The number of carboxylic acids is 1. The van der Waals surface area contributed by atoms with Crippen LogP contribution in [-0.4, -0.2) is 11.1 Å². The quantitative estimate of drug-likeness (QED) is 0.472. The molecule has 0 saturated heterocycles. The molecule has 0 radical (unpaired) electrons. The van der Waals surface area contributed by atoms with E-state index in [0.29, 0.717) is 0 Å². The lowest BCUT2D eigenvalue weighted by Gasteiger charge is -2.51. The van der Waals surface area contributed by atoms with Crippen LogP contribution in [0.2, 0.25) is 0 Å². The Labute approximate surface area is 138 Å². The van der Waals surface area contributed by atoms with Crippen LogP contribution in [0.3, 0.4) is 0 Å². The first-order valence-corrected chi connectivity index (χ1v) is 9.58. The number of hydrogen-bond acceptors (Lipinski definition) is 1. The van der Waals surface area contributed by atoms with E-state index >= 15 is 0 Å². The second-order valence-electron chi connectivity index (χ2n) is 8.29. The highest BCUT2D eigenvalue weighted by molar-refractivity contribution is 5.71. The number of hydrogen-bond donors (Lipinski definition) is 1. The predicted octanol–water partition coefficient (Wildman–Crippen LogP) is 6.43. The second kappa shape index (κ2) is 8.93. The minimum atomic E-state index is -0.591. The maximum Gasteiger partial charge on any atom is 0.307 e. The SMILES string of the molecule is CCCCCCCCCCC1(C)CCCC(C(=O)O)C1(C)C. The summed E-state index contributed by atoms with van der Waals surface area (Å²) in [6, 6.07) is 0. The molecule has 1 fully saturated rings. The summed E-state index contributed by atoms with van der Waals surface area (Å²) < 4.78 is 0. The lowest BCUT2D eigenvalue weighted by atomic mass is 9.52. The molecule has 0 amide bonds. The zero-order valence-electron chi connectivity index (χ0n) is 15.4. The van der Waals surface area contributed by atoms with E-state index in [-0.39, 0.29) is 16.7 Å². The van der Waals surface area contributed by atoms with Gasteiger partial charge in [-0.05, 0) is 30.1 Å². The molecule has 2 heteroatoms. The van der Waals surface area contributed by atoms with Gasteiger partial charge in [-0.1, -0.05) is 85.5 Å². The minimum absolute atomic E-state index is 0.0851. The van der Waals surface area contributed by atoms with Crippen molar-refractivity contribution in [2.75, 3.05) is 0 Å². The van der Waals surface area contributed by atoms with Gasteiger partial charge in [0, 0.05) is 0 Å². The first-order chi connectivity index (χ1) is 10.3. The molecular formula is C20H38O2. The largest absolute Gasteiger partial charge is 0.481 e. The Balaban J connectivity index is 2.35. The van der Waals surface area contributed by atoms with Gasteiger partial charge >= 0.3 is 5.97 Å². The lowest BCUT2D eigenvalue weighted by Crippen LogP contribution is -2.47. The fourth-order valence-corrected chi connectivity index (χ4v) is 4.33. The van der Waals surface area contributed by atoms with Crippen LogP contribution in [-0.2, 0) is 4.79 Å². The summed E-state index contributed by atoms with van der Waals surface area (Å²) in [5, 5.41) is 9.52. The molecule has 22 heavy (non-hydrogen) atoms. The van der Waals surface area contributed by atoms with E-state index in [4.69, 9.17) is 0 Å². The summed E-state index contributed by atoms with van der Waals surface area (Å²) in [4.78, 5) is 11.6. The summed E-state index contributed by atoms with van der Waals surface area (Å²) in [6.07, 6.45) is 15.1. The van der Waals surface area contributed by atoms with Crippen LogP contribution in [0.5, 0.6) is 0 Å². The topological polar surface area (TPSA) is 37.3 Å². The highest BCUT2D eigenvalue weighted by Crippen LogP contribution is 2.55. The van der Waals surface area contributed by atoms with Gasteiger partial charge in [0.05, 0.1) is 5.92 Å². The maximum absolute atomic E-state index is 11.6. The molecular weight excluding hydrogens is 272 g/mol. The van der Waals surface area contributed by atoms with Gasteiger partial charge in [0.25, 0.3) is 0 Å². The normalized spacial score (nSPS) is 27.7. The molecule has 0 aromatic carbocycles. The maximum atomic E-state index is 11.6. The van der Waals surface area contributed by atoms with Crippen LogP contribution in [0.15, 0.2) is 0 Å². The predicted molar refractivity (Wildman–Crippen MR) is 94.1 cm³/mol. The molecule has 1 N–H and O–H groups in total. The van der Waals surface area contributed by atoms with Gasteiger partial charge in [-0.25, -0.2) is 0 Å². The number of carbonyl (C=O) groups is 1. The van der Waals surface area contributed by atoms with Crippen molar-refractivity contribution < 1.29 is 9.90 Å². The molecule has 2 atom stereocenters. The molecule has 1 saturated carbocycles. The molecule has 0 spiro atoms. The van der Waals surface area contributed by atoms with Crippen molar-refractivity contribution >= 4 is 5.97 Å². The van der Waals surface area contributed by atoms with Gasteiger partial charge in [0.15, 0.2) is 0 Å². The van der Waals surface area contributed by atoms with Crippen LogP contribution in [0, 0.1) is 16.7 Å². The van der Waals surface area contributed by atoms with Gasteiger partial charge in [-0.15, -0.1) is 0 Å². The fourth-order valence-electron chi connectivity index (χ4n) is 4.33. The highest BCUT2D eigenvalue weighted by Gasteiger charge is 2.50. The Bertz CT molecular complexity index is 335. The Morgan fingerprint density at radius 3 is 2.09 bits per heavy atom. The van der Waals surface area contributed by atoms with Crippen molar-refractivity contribution in [3.63, 3.8) is 0 Å². The van der Waals surface area contributed by atoms with Crippen molar-refractivity contribution in [1.82, 2.24) is 0 Å². The summed E-state index contributed by atoms with van der Waals surface area (Å²) in [5.41, 5.74) is 0.106. The van der Waals surface area contributed by atoms with Gasteiger partial charge in [0.2, 0.25) is 0 Å². The van der Waals surface area contributed by atoms with E-state index in [2.05, 4.69) is 27.7 Å². The van der Waals surface area contributed by atoms with Gasteiger partial charge in [-0.2, -0.15) is 0 Å². The van der Waals surface area contributed by atoms with Crippen LogP contribution >= 0.6 is 0 Å². The molecule has 2 unspecified atom stereocenters. The summed E-state index contributed by atoms with van der Waals surface area (Å²) in [6.45, 7) is 8.98. The first kappa shape index (κ1) is 19.5. The van der Waals surface area contributed by atoms with Gasteiger partial charge < -0.3 is 5.11 Å². The third kappa shape index (κ3) is 4.99. The third-order valence-corrected chi connectivity index (χ3v) is 6.53. The Hall–Kier alpha value is -0.530. The van der Waals surface area contributed by atoms with E-state index in [1.165, 1.54) is 64.2 Å². The molecule has 0 bridgehead atoms. The zero-order valence-corrected chi connectivity index (χ0v) is 15.4. The van der Waals surface area contributed by atoms with Crippen molar-refractivity contribution in [3.8, 4) is 0 Å². The highest BCUT2D eigenvalue weighted by atomic mass is 16.4. The molecule has 1 aliphatic carbocycles. The Morgan fingerprint density at radius 2 is 1.55 bits per heavy atom. The molecule has 1 rings (SSSR count).